The second kappa shape index (κ2) is 5.64. The van der Waals surface area contributed by atoms with Crippen molar-refractivity contribution in [2.75, 3.05) is 19.0 Å². The van der Waals surface area contributed by atoms with Gasteiger partial charge >= 0.3 is 0 Å². The maximum absolute atomic E-state index is 5.81. The van der Waals surface area contributed by atoms with Crippen LogP contribution >= 0.6 is 0 Å². The third-order valence-corrected chi connectivity index (χ3v) is 3.89. The van der Waals surface area contributed by atoms with Crippen LogP contribution in [0.5, 0.6) is 11.5 Å². The second-order valence-electron chi connectivity index (χ2n) is 5.30. The quantitative estimate of drug-likeness (QED) is 0.931. The molecule has 4 nitrogen and oxygen atoms in total. The molecule has 110 valence electrons. The predicted octanol–water partition coefficient (Wildman–Crippen LogP) is 3.78. The molecule has 0 spiro atoms. The highest BCUT2D eigenvalue weighted by Gasteiger charge is 2.17. The van der Waals surface area contributed by atoms with E-state index in [0.717, 1.165) is 53.6 Å². The van der Waals surface area contributed by atoms with Crippen molar-refractivity contribution in [2.45, 2.75) is 26.7 Å². The number of aromatic nitrogens is 1. The Kier molecular flexibility index (Phi) is 3.69. The molecule has 2 heterocycles. The molecule has 0 fully saturated rings. The van der Waals surface area contributed by atoms with E-state index in [1.54, 1.807) is 7.11 Å². The molecule has 0 saturated heterocycles. The Labute approximate surface area is 125 Å². The number of nitrogens with one attached hydrogen (secondary N) is 1. The molecule has 1 aliphatic heterocycles. The van der Waals surface area contributed by atoms with Gasteiger partial charge in [-0.3, -0.25) is 4.98 Å². The van der Waals surface area contributed by atoms with E-state index in [1.165, 1.54) is 5.56 Å². The van der Waals surface area contributed by atoms with E-state index < -0.39 is 0 Å². The lowest BCUT2D eigenvalue weighted by Crippen LogP contribution is -2.12. The van der Waals surface area contributed by atoms with E-state index in [2.05, 4.69) is 30.2 Å². The van der Waals surface area contributed by atoms with Gasteiger partial charge in [0.2, 0.25) is 0 Å². The standard InChI is InChI=1S/C17H20N2O2/c1-11-6-7-15(20-3)12(2)16(11)19-14-8-9-18-13-5-4-10-21-17(13)14/h6-9H,4-5,10H2,1-3H3,(H,18,19). The largest absolute Gasteiger partial charge is 0.496 e. The fourth-order valence-corrected chi connectivity index (χ4v) is 2.72. The van der Waals surface area contributed by atoms with Crippen LogP contribution < -0.4 is 14.8 Å². The van der Waals surface area contributed by atoms with Gasteiger partial charge in [0.15, 0.2) is 5.75 Å². The fraction of sp³-hybridized carbons (Fsp3) is 0.353. The number of anilines is 2. The SMILES string of the molecule is COc1ccc(C)c(Nc2ccnc3c2OCCC3)c1C. The van der Waals surface area contributed by atoms with Gasteiger partial charge in [-0.25, -0.2) is 0 Å². The van der Waals surface area contributed by atoms with Crippen molar-refractivity contribution in [3.8, 4) is 11.5 Å². The van der Waals surface area contributed by atoms with Crippen molar-refractivity contribution < 1.29 is 9.47 Å². The summed E-state index contributed by atoms with van der Waals surface area (Å²) in [6.07, 6.45) is 3.84. The molecule has 3 rings (SSSR count). The van der Waals surface area contributed by atoms with Gasteiger partial charge in [-0.2, -0.15) is 0 Å². The second-order valence-corrected chi connectivity index (χ2v) is 5.30. The summed E-state index contributed by atoms with van der Waals surface area (Å²) in [6, 6.07) is 6.01. The lowest BCUT2D eigenvalue weighted by Gasteiger charge is -2.22. The number of hydrogen-bond acceptors (Lipinski definition) is 4. The van der Waals surface area contributed by atoms with Crippen LogP contribution in [-0.2, 0) is 6.42 Å². The lowest BCUT2D eigenvalue weighted by atomic mass is 10.1. The van der Waals surface area contributed by atoms with Gasteiger partial charge in [-0.1, -0.05) is 6.07 Å². The lowest BCUT2D eigenvalue weighted by molar-refractivity contribution is 0.286. The van der Waals surface area contributed by atoms with E-state index in [1.807, 2.05) is 18.3 Å². The molecule has 2 aromatic rings. The Morgan fingerprint density at radius 3 is 2.90 bits per heavy atom. The molecule has 0 amide bonds. The highest BCUT2D eigenvalue weighted by atomic mass is 16.5. The van der Waals surface area contributed by atoms with Gasteiger partial charge in [0.1, 0.15) is 5.75 Å². The van der Waals surface area contributed by atoms with Crippen LogP contribution in [0.3, 0.4) is 0 Å². The normalized spacial score (nSPS) is 13.3. The minimum Gasteiger partial charge on any atom is -0.496 e. The Bertz CT molecular complexity index is 668. The predicted molar refractivity (Wildman–Crippen MR) is 83.8 cm³/mol. The number of fused-ring (bicyclic) bond motifs is 1. The maximum atomic E-state index is 5.81. The van der Waals surface area contributed by atoms with Crippen LogP contribution in [0.25, 0.3) is 0 Å². The van der Waals surface area contributed by atoms with Crippen LogP contribution in [0.4, 0.5) is 11.4 Å². The summed E-state index contributed by atoms with van der Waals surface area (Å²) < 4.78 is 11.2. The first-order valence-electron chi connectivity index (χ1n) is 7.22. The minimum atomic E-state index is 0.753. The zero-order valence-corrected chi connectivity index (χ0v) is 12.7. The number of methoxy groups -OCH3 is 1. The number of aryl methyl sites for hydroxylation is 2. The van der Waals surface area contributed by atoms with Gasteiger partial charge in [-0.15, -0.1) is 0 Å². The molecule has 0 atom stereocenters. The molecule has 1 aliphatic rings. The van der Waals surface area contributed by atoms with Crippen LogP contribution in [0.2, 0.25) is 0 Å². The first kappa shape index (κ1) is 13.7. The first-order chi connectivity index (χ1) is 10.2. The van der Waals surface area contributed by atoms with Crippen molar-refractivity contribution in [2.24, 2.45) is 0 Å². The van der Waals surface area contributed by atoms with E-state index in [9.17, 15) is 0 Å². The number of nitrogens with zero attached hydrogens (tertiary/aromatic N) is 1. The highest BCUT2D eigenvalue weighted by molar-refractivity contribution is 5.73. The zero-order chi connectivity index (χ0) is 14.8. The molecule has 1 aromatic carbocycles. The van der Waals surface area contributed by atoms with Crippen LogP contribution in [0.1, 0.15) is 23.2 Å². The summed E-state index contributed by atoms with van der Waals surface area (Å²) in [6.45, 7) is 4.90. The Morgan fingerprint density at radius 1 is 1.24 bits per heavy atom. The van der Waals surface area contributed by atoms with Crippen molar-refractivity contribution in [3.05, 3.63) is 41.2 Å². The number of rotatable bonds is 3. The molecular formula is C17H20N2O2. The van der Waals surface area contributed by atoms with E-state index in [-0.39, 0.29) is 0 Å². The van der Waals surface area contributed by atoms with Crippen molar-refractivity contribution in [1.82, 2.24) is 4.98 Å². The summed E-state index contributed by atoms with van der Waals surface area (Å²) in [5.74, 6) is 1.76. The summed E-state index contributed by atoms with van der Waals surface area (Å²) in [5.41, 5.74) is 5.34. The minimum absolute atomic E-state index is 0.753. The summed E-state index contributed by atoms with van der Waals surface area (Å²) in [5, 5.41) is 3.50. The molecule has 21 heavy (non-hydrogen) atoms. The fourth-order valence-electron chi connectivity index (χ4n) is 2.72. The molecule has 1 N–H and O–H groups in total. The smallest absolute Gasteiger partial charge is 0.164 e. The number of pyridine rings is 1. The monoisotopic (exact) mass is 284 g/mol. The van der Waals surface area contributed by atoms with Gasteiger partial charge in [0.05, 0.1) is 25.1 Å². The van der Waals surface area contributed by atoms with Gasteiger partial charge in [0, 0.05) is 17.4 Å². The van der Waals surface area contributed by atoms with E-state index >= 15 is 0 Å². The summed E-state index contributed by atoms with van der Waals surface area (Å²) in [7, 11) is 1.69. The maximum Gasteiger partial charge on any atom is 0.164 e. The number of hydrogen-bond donors (Lipinski definition) is 1. The third kappa shape index (κ3) is 2.53. The average molecular weight is 284 g/mol. The molecule has 0 bridgehead atoms. The van der Waals surface area contributed by atoms with Crippen molar-refractivity contribution >= 4 is 11.4 Å². The van der Waals surface area contributed by atoms with Gasteiger partial charge in [-0.05, 0) is 44.4 Å². The molecule has 0 aliphatic carbocycles. The molecule has 0 radical (unpaired) electrons. The molecule has 0 unspecified atom stereocenters. The van der Waals surface area contributed by atoms with Crippen molar-refractivity contribution in [3.63, 3.8) is 0 Å². The topological polar surface area (TPSA) is 43.4 Å². The van der Waals surface area contributed by atoms with Crippen LogP contribution in [-0.4, -0.2) is 18.7 Å². The Balaban J connectivity index is 2.01. The van der Waals surface area contributed by atoms with Gasteiger partial charge < -0.3 is 14.8 Å². The molecule has 4 heteroatoms. The first-order valence-corrected chi connectivity index (χ1v) is 7.22. The van der Waals surface area contributed by atoms with E-state index in [4.69, 9.17) is 9.47 Å². The number of ether oxygens (including phenoxy) is 2. The summed E-state index contributed by atoms with van der Waals surface area (Å²) >= 11 is 0. The molecule has 0 saturated carbocycles. The van der Waals surface area contributed by atoms with Gasteiger partial charge in [0.25, 0.3) is 0 Å². The third-order valence-electron chi connectivity index (χ3n) is 3.89. The Morgan fingerprint density at radius 2 is 2.10 bits per heavy atom. The van der Waals surface area contributed by atoms with Crippen LogP contribution in [0.15, 0.2) is 24.4 Å². The Hall–Kier alpha value is -2.23. The zero-order valence-electron chi connectivity index (χ0n) is 12.7. The molecule has 1 aromatic heterocycles. The number of benzene rings is 1. The summed E-state index contributed by atoms with van der Waals surface area (Å²) in [4.78, 5) is 4.41. The van der Waals surface area contributed by atoms with Crippen LogP contribution in [0, 0.1) is 13.8 Å². The molecular weight excluding hydrogens is 264 g/mol. The van der Waals surface area contributed by atoms with Crippen molar-refractivity contribution in [1.29, 1.82) is 0 Å². The highest BCUT2D eigenvalue weighted by Crippen LogP contribution is 2.37. The van der Waals surface area contributed by atoms with E-state index in [0.29, 0.717) is 0 Å². The average Bonchev–Trinajstić information content (AvgIpc) is 2.52.